The molecule has 0 heterocycles. The minimum Gasteiger partial charge on any atom is -0.0928 e. The van der Waals surface area contributed by atoms with E-state index in [1.807, 2.05) is 0 Å². The molecule has 0 saturated carbocycles. The highest BCUT2D eigenvalue weighted by atomic mass is 29.3. The van der Waals surface area contributed by atoms with Crippen LogP contribution in [0, 0.1) is 0 Å². The minimum atomic E-state index is -1.01. The molecule has 0 aliphatic rings. The molecule has 0 rings (SSSR count). The smallest absolute Gasteiger partial charge is 0.0677 e. The number of allylic oxidation sites excluding steroid dienone is 2. The van der Waals surface area contributed by atoms with Gasteiger partial charge < -0.3 is 0 Å². The average molecular weight is 186 g/mol. The summed E-state index contributed by atoms with van der Waals surface area (Å²) in [4.78, 5) is 0. The van der Waals surface area contributed by atoms with Crippen molar-refractivity contribution in [3.8, 4) is 0 Å². The molecule has 0 unspecified atom stereocenters. The molecule has 0 fully saturated rings. The molecule has 0 nitrogen and oxygen atoms in total. The maximum atomic E-state index is 2.51. The highest BCUT2D eigenvalue weighted by Crippen LogP contribution is 2.25. The molecule has 0 aliphatic carbocycles. The Bertz CT molecular complexity index is 161. The summed E-state index contributed by atoms with van der Waals surface area (Å²) in [6, 6.07) is 0. The second-order valence-corrected chi connectivity index (χ2v) is 21.6. The normalized spacial score (nSPS) is 15.4. The molecule has 0 aromatic carbocycles. The van der Waals surface area contributed by atoms with E-state index in [4.69, 9.17) is 0 Å². The molecule has 0 aliphatic heterocycles. The summed E-state index contributed by atoms with van der Waals surface area (Å²) < 4.78 is 0. The standard InChI is InChI=1S/C9H22Si2/c1-8-9(2)11(6,7)10(3,4)5/h8H,1-7H3. The number of hydrogen-bond acceptors (Lipinski definition) is 0. The zero-order valence-corrected chi connectivity index (χ0v) is 11.1. The summed E-state index contributed by atoms with van der Waals surface area (Å²) in [7, 11) is -1.91. The van der Waals surface area contributed by atoms with Crippen molar-refractivity contribution < 1.29 is 0 Å². The van der Waals surface area contributed by atoms with Crippen LogP contribution >= 0.6 is 0 Å². The predicted octanol–water partition coefficient (Wildman–Crippen LogP) is 3.62. The van der Waals surface area contributed by atoms with Gasteiger partial charge >= 0.3 is 0 Å². The molecule has 0 spiro atoms. The fourth-order valence-electron chi connectivity index (χ4n) is 0.952. The van der Waals surface area contributed by atoms with Crippen LogP contribution in [0.3, 0.4) is 0 Å². The quantitative estimate of drug-likeness (QED) is 0.578. The summed E-state index contributed by atoms with van der Waals surface area (Å²) in [6.45, 7) is 17.0. The predicted molar refractivity (Wildman–Crippen MR) is 60.3 cm³/mol. The van der Waals surface area contributed by atoms with Crippen molar-refractivity contribution in [2.75, 3.05) is 0 Å². The van der Waals surface area contributed by atoms with Crippen LogP contribution in [0.2, 0.25) is 32.7 Å². The van der Waals surface area contributed by atoms with Gasteiger partial charge in [-0.2, -0.15) is 0 Å². The molecule has 0 aromatic heterocycles. The molecule has 2 heteroatoms. The Balaban J connectivity index is 4.74. The van der Waals surface area contributed by atoms with Crippen molar-refractivity contribution in [3.63, 3.8) is 0 Å². The van der Waals surface area contributed by atoms with E-state index in [1.54, 1.807) is 5.20 Å². The van der Waals surface area contributed by atoms with Crippen LogP contribution in [-0.2, 0) is 0 Å². The lowest BCUT2D eigenvalue weighted by Gasteiger charge is -2.36. The Morgan fingerprint density at radius 2 is 1.36 bits per heavy atom. The van der Waals surface area contributed by atoms with Gasteiger partial charge in [0, 0.05) is 7.59 Å². The van der Waals surface area contributed by atoms with Crippen LogP contribution in [0.1, 0.15) is 13.8 Å². The van der Waals surface area contributed by atoms with Gasteiger partial charge in [-0.05, 0) is 13.8 Å². The van der Waals surface area contributed by atoms with Crippen molar-refractivity contribution in [3.05, 3.63) is 11.3 Å². The van der Waals surface area contributed by atoms with E-state index in [1.165, 1.54) is 0 Å². The monoisotopic (exact) mass is 186 g/mol. The molecule has 0 N–H and O–H groups in total. The van der Waals surface area contributed by atoms with Gasteiger partial charge in [0.05, 0.1) is 7.59 Å². The van der Waals surface area contributed by atoms with Gasteiger partial charge in [-0.15, -0.1) is 0 Å². The molecular formula is C9H22Si2. The Morgan fingerprint density at radius 3 is 1.45 bits per heavy atom. The third kappa shape index (κ3) is 2.30. The average Bonchev–Trinajstić information content (AvgIpc) is 1.83. The lowest BCUT2D eigenvalue weighted by atomic mass is 10.6. The first-order valence-electron chi connectivity index (χ1n) is 4.37. The van der Waals surface area contributed by atoms with Crippen molar-refractivity contribution >= 4 is 15.2 Å². The Kier molecular flexibility index (Phi) is 3.32. The van der Waals surface area contributed by atoms with E-state index in [-0.39, 0.29) is 0 Å². The second kappa shape index (κ2) is 3.27. The van der Waals surface area contributed by atoms with Gasteiger partial charge in [-0.25, -0.2) is 0 Å². The largest absolute Gasteiger partial charge is 0.0928 e. The number of hydrogen-bond donors (Lipinski definition) is 0. The maximum absolute atomic E-state index is 2.51. The Labute approximate surface area is 73.5 Å². The molecule has 11 heavy (non-hydrogen) atoms. The molecule has 0 aromatic rings. The van der Waals surface area contributed by atoms with Crippen LogP contribution in [0.5, 0.6) is 0 Å². The van der Waals surface area contributed by atoms with Crippen LogP contribution in [0.25, 0.3) is 0 Å². The van der Waals surface area contributed by atoms with Crippen molar-refractivity contribution in [2.24, 2.45) is 0 Å². The van der Waals surface area contributed by atoms with Crippen molar-refractivity contribution in [1.82, 2.24) is 0 Å². The molecule has 0 atom stereocenters. The summed E-state index contributed by atoms with van der Waals surface area (Å²) >= 11 is 0. The second-order valence-electron chi connectivity index (χ2n) is 4.85. The SMILES string of the molecule is CC=C(C)[Si](C)(C)[Si](C)(C)C. The van der Waals surface area contributed by atoms with Crippen LogP contribution in [0.4, 0.5) is 0 Å². The van der Waals surface area contributed by atoms with Crippen molar-refractivity contribution in [2.45, 2.75) is 46.6 Å². The molecule has 66 valence electrons. The van der Waals surface area contributed by atoms with Crippen LogP contribution < -0.4 is 0 Å². The van der Waals surface area contributed by atoms with E-state index in [0.717, 1.165) is 0 Å². The lowest BCUT2D eigenvalue weighted by Crippen LogP contribution is -2.53. The van der Waals surface area contributed by atoms with Crippen LogP contribution in [-0.4, -0.2) is 15.2 Å². The molecular weight excluding hydrogens is 164 g/mol. The number of rotatable bonds is 2. The summed E-state index contributed by atoms with van der Waals surface area (Å²) in [5.74, 6) is 0. The first kappa shape index (κ1) is 11.2. The molecule has 0 saturated heterocycles. The molecule has 0 radical (unpaired) electrons. The van der Waals surface area contributed by atoms with Crippen molar-refractivity contribution in [1.29, 1.82) is 0 Å². The highest BCUT2D eigenvalue weighted by Gasteiger charge is 2.37. The minimum absolute atomic E-state index is 0.898. The zero-order chi connectivity index (χ0) is 9.28. The van der Waals surface area contributed by atoms with E-state index < -0.39 is 15.2 Å². The third-order valence-electron chi connectivity index (χ3n) is 3.29. The van der Waals surface area contributed by atoms with E-state index in [2.05, 4.69) is 52.7 Å². The van der Waals surface area contributed by atoms with E-state index in [9.17, 15) is 0 Å². The first-order chi connectivity index (χ1) is 4.73. The van der Waals surface area contributed by atoms with Gasteiger partial charge in [0.2, 0.25) is 0 Å². The fourth-order valence-corrected chi connectivity index (χ4v) is 6.84. The summed E-state index contributed by atoms with van der Waals surface area (Å²) in [5.41, 5.74) is 0. The topological polar surface area (TPSA) is 0 Å². The summed E-state index contributed by atoms with van der Waals surface area (Å²) in [6.07, 6.45) is 2.31. The van der Waals surface area contributed by atoms with E-state index in [0.29, 0.717) is 0 Å². The van der Waals surface area contributed by atoms with Gasteiger partial charge in [0.1, 0.15) is 0 Å². The third-order valence-corrected chi connectivity index (χ3v) is 21.7. The fraction of sp³-hybridized carbons (Fsp3) is 0.778. The van der Waals surface area contributed by atoms with Gasteiger partial charge in [0.15, 0.2) is 0 Å². The Hall–Kier alpha value is 0.174. The summed E-state index contributed by atoms with van der Waals surface area (Å²) in [5, 5.41) is 1.68. The van der Waals surface area contributed by atoms with Gasteiger partial charge in [-0.1, -0.05) is 44.0 Å². The lowest BCUT2D eigenvalue weighted by molar-refractivity contribution is 1.51. The van der Waals surface area contributed by atoms with E-state index >= 15 is 0 Å². The Morgan fingerprint density at radius 1 is 1.00 bits per heavy atom. The maximum Gasteiger partial charge on any atom is 0.0677 e. The van der Waals surface area contributed by atoms with Gasteiger partial charge in [0.25, 0.3) is 0 Å². The zero-order valence-electron chi connectivity index (χ0n) is 9.08. The van der Waals surface area contributed by atoms with Crippen LogP contribution in [0.15, 0.2) is 11.3 Å². The first-order valence-corrected chi connectivity index (χ1v) is 11.9. The molecule has 0 bridgehead atoms. The van der Waals surface area contributed by atoms with Gasteiger partial charge in [-0.3, -0.25) is 0 Å². The highest BCUT2D eigenvalue weighted by molar-refractivity contribution is 7.43. The molecule has 0 amide bonds.